The van der Waals surface area contributed by atoms with Gasteiger partial charge in [0.05, 0.1) is 8.50 Å². The van der Waals surface area contributed by atoms with Crippen molar-refractivity contribution in [2.24, 2.45) is 0 Å². The zero-order valence-electron chi connectivity index (χ0n) is 5.21. The van der Waals surface area contributed by atoms with Gasteiger partial charge in [-0.2, -0.15) is 0 Å². The summed E-state index contributed by atoms with van der Waals surface area (Å²) in [6.07, 6.45) is 5.15. The van der Waals surface area contributed by atoms with Crippen LogP contribution in [-0.2, 0) is 0 Å². The summed E-state index contributed by atoms with van der Waals surface area (Å²) in [4.78, 5) is 9.92. The smallest absolute Gasteiger partial charge is 0.258 e. The molecule has 0 bridgehead atoms. The third-order valence-electron chi connectivity index (χ3n) is 1.28. The molecule has 0 aromatic carbocycles. The fraction of sp³-hybridized carbons (Fsp3) is 0.333. The first kappa shape index (κ1) is 7.71. The van der Waals surface area contributed by atoms with E-state index in [0.717, 1.165) is 16.4 Å². The van der Waals surface area contributed by atoms with Gasteiger partial charge in [-0.05, 0) is 35.4 Å². The maximum absolute atomic E-state index is 10.3. The number of halogens is 1. The molecule has 1 aliphatic rings. The zero-order valence-corrected chi connectivity index (χ0v) is 7.37. The van der Waals surface area contributed by atoms with Gasteiger partial charge in [-0.15, -0.1) is 0 Å². The van der Waals surface area contributed by atoms with Gasteiger partial charge < -0.3 is 0 Å². The van der Waals surface area contributed by atoms with Crippen molar-refractivity contribution in [2.45, 2.75) is 12.8 Å². The molecule has 0 aromatic heterocycles. The van der Waals surface area contributed by atoms with Crippen LogP contribution in [0.2, 0.25) is 0 Å². The second-order valence-electron chi connectivity index (χ2n) is 1.99. The summed E-state index contributed by atoms with van der Waals surface area (Å²) >= 11 is 2.02. The van der Waals surface area contributed by atoms with E-state index >= 15 is 0 Å². The van der Waals surface area contributed by atoms with Crippen LogP contribution in [-0.4, -0.2) is 4.92 Å². The standard InChI is InChI=1S/C6H6INO2/c7-5-3-1-2-4-6(5)8(9)10/h2,4H,1,3H2. The van der Waals surface area contributed by atoms with E-state index in [1.54, 1.807) is 6.08 Å². The molecule has 0 saturated heterocycles. The highest BCUT2D eigenvalue weighted by Crippen LogP contribution is 2.24. The van der Waals surface area contributed by atoms with Crippen molar-refractivity contribution in [1.29, 1.82) is 0 Å². The summed E-state index contributed by atoms with van der Waals surface area (Å²) in [7, 11) is 0. The Bertz CT molecular complexity index is 220. The second kappa shape index (κ2) is 3.14. The van der Waals surface area contributed by atoms with Crippen LogP contribution in [0.15, 0.2) is 21.4 Å². The molecule has 10 heavy (non-hydrogen) atoms. The van der Waals surface area contributed by atoms with E-state index in [2.05, 4.69) is 0 Å². The summed E-state index contributed by atoms with van der Waals surface area (Å²) in [5.41, 5.74) is 0.256. The van der Waals surface area contributed by atoms with Crippen LogP contribution < -0.4 is 0 Å². The van der Waals surface area contributed by atoms with Crippen LogP contribution in [0.4, 0.5) is 0 Å². The molecule has 0 heterocycles. The topological polar surface area (TPSA) is 43.1 Å². The monoisotopic (exact) mass is 251 g/mol. The number of allylic oxidation sites excluding steroid dienone is 3. The molecule has 0 aliphatic heterocycles. The SMILES string of the molecule is O=[N+]([O-])C1=C(I)CCC=C1. The molecule has 0 amide bonds. The van der Waals surface area contributed by atoms with Crippen LogP contribution in [0, 0.1) is 10.1 Å². The second-order valence-corrected chi connectivity index (χ2v) is 3.29. The molecule has 3 nitrogen and oxygen atoms in total. The molecule has 1 rings (SSSR count). The summed E-state index contributed by atoms with van der Waals surface area (Å²) < 4.78 is 0.852. The van der Waals surface area contributed by atoms with Crippen LogP contribution in [0.1, 0.15) is 12.8 Å². The first-order valence-electron chi connectivity index (χ1n) is 2.91. The Hall–Kier alpha value is -0.390. The first-order valence-corrected chi connectivity index (χ1v) is 3.99. The van der Waals surface area contributed by atoms with Crippen molar-refractivity contribution in [3.8, 4) is 0 Å². The minimum Gasteiger partial charge on any atom is -0.258 e. The lowest BCUT2D eigenvalue weighted by Gasteiger charge is -2.01. The molecule has 0 fully saturated rings. The average molecular weight is 251 g/mol. The third kappa shape index (κ3) is 1.56. The van der Waals surface area contributed by atoms with Crippen molar-refractivity contribution >= 4 is 22.6 Å². The Labute approximate surface area is 72.1 Å². The molecular weight excluding hydrogens is 245 g/mol. The molecule has 0 atom stereocenters. The van der Waals surface area contributed by atoms with E-state index in [1.807, 2.05) is 28.7 Å². The van der Waals surface area contributed by atoms with Crippen molar-refractivity contribution in [2.75, 3.05) is 0 Å². The normalized spacial score (nSPS) is 17.7. The van der Waals surface area contributed by atoms with Gasteiger partial charge >= 0.3 is 0 Å². The molecule has 0 unspecified atom stereocenters. The van der Waals surface area contributed by atoms with Crippen LogP contribution in [0.5, 0.6) is 0 Å². The highest BCUT2D eigenvalue weighted by atomic mass is 127. The van der Waals surface area contributed by atoms with Gasteiger partial charge in [0, 0.05) is 6.08 Å². The molecule has 0 N–H and O–H groups in total. The largest absolute Gasteiger partial charge is 0.278 e. The van der Waals surface area contributed by atoms with E-state index in [9.17, 15) is 10.1 Å². The van der Waals surface area contributed by atoms with E-state index in [4.69, 9.17) is 0 Å². The Balaban J connectivity index is 2.90. The van der Waals surface area contributed by atoms with Gasteiger partial charge in [0.25, 0.3) is 5.70 Å². The predicted molar refractivity (Wildman–Crippen MR) is 46.4 cm³/mol. The van der Waals surface area contributed by atoms with Gasteiger partial charge in [0.15, 0.2) is 0 Å². The van der Waals surface area contributed by atoms with Gasteiger partial charge in [0.2, 0.25) is 0 Å². The molecule has 0 spiro atoms. The summed E-state index contributed by atoms with van der Waals surface area (Å²) in [6.45, 7) is 0. The summed E-state index contributed by atoms with van der Waals surface area (Å²) in [5, 5.41) is 10.3. The molecule has 0 saturated carbocycles. The lowest BCUT2D eigenvalue weighted by Crippen LogP contribution is -2.00. The van der Waals surface area contributed by atoms with Gasteiger partial charge in [-0.1, -0.05) is 6.08 Å². The average Bonchev–Trinajstić information content (AvgIpc) is 1.88. The molecule has 1 aliphatic carbocycles. The molecule has 4 heteroatoms. The van der Waals surface area contributed by atoms with Crippen molar-refractivity contribution in [3.63, 3.8) is 0 Å². The number of rotatable bonds is 1. The van der Waals surface area contributed by atoms with Gasteiger partial charge in [0.1, 0.15) is 0 Å². The van der Waals surface area contributed by atoms with Gasteiger partial charge in [-0.25, -0.2) is 0 Å². The molecule has 54 valence electrons. The Morgan fingerprint density at radius 2 is 2.40 bits per heavy atom. The Morgan fingerprint density at radius 3 is 2.80 bits per heavy atom. The quantitative estimate of drug-likeness (QED) is 0.407. The fourth-order valence-corrected chi connectivity index (χ4v) is 1.47. The zero-order chi connectivity index (χ0) is 7.56. The third-order valence-corrected chi connectivity index (χ3v) is 2.37. The van der Waals surface area contributed by atoms with Crippen molar-refractivity contribution in [1.82, 2.24) is 0 Å². The fourth-order valence-electron chi connectivity index (χ4n) is 0.783. The van der Waals surface area contributed by atoms with E-state index in [0.29, 0.717) is 0 Å². The Kier molecular flexibility index (Phi) is 2.42. The lowest BCUT2D eigenvalue weighted by molar-refractivity contribution is -0.419. The highest BCUT2D eigenvalue weighted by Gasteiger charge is 2.14. The van der Waals surface area contributed by atoms with Gasteiger partial charge in [-0.3, -0.25) is 10.1 Å². The maximum atomic E-state index is 10.3. The minimum absolute atomic E-state index is 0.256. The predicted octanol–water partition coefficient (Wildman–Crippen LogP) is 2.26. The molecule has 0 radical (unpaired) electrons. The number of hydrogen-bond acceptors (Lipinski definition) is 2. The van der Waals surface area contributed by atoms with E-state index in [-0.39, 0.29) is 10.6 Å². The summed E-state index contributed by atoms with van der Waals surface area (Å²) in [6, 6.07) is 0. The number of hydrogen-bond donors (Lipinski definition) is 0. The Morgan fingerprint density at radius 1 is 1.70 bits per heavy atom. The first-order chi connectivity index (χ1) is 4.72. The van der Waals surface area contributed by atoms with Crippen LogP contribution >= 0.6 is 22.6 Å². The number of nitrogens with zero attached hydrogens (tertiary/aromatic N) is 1. The molecule has 0 aromatic rings. The summed E-state index contributed by atoms with van der Waals surface area (Å²) in [5.74, 6) is 0. The maximum Gasteiger partial charge on any atom is 0.278 e. The number of nitro groups is 1. The van der Waals surface area contributed by atoms with E-state index < -0.39 is 0 Å². The lowest BCUT2D eigenvalue weighted by atomic mass is 10.1. The van der Waals surface area contributed by atoms with E-state index in [1.165, 1.54) is 0 Å². The van der Waals surface area contributed by atoms with Crippen LogP contribution in [0.25, 0.3) is 0 Å². The van der Waals surface area contributed by atoms with Crippen LogP contribution in [0.3, 0.4) is 0 Å². The van der Waals surface area contributed by atoms with Crippen molar-refractivity contribution < 1.29 is 4.92 Å². The highest BCUT2D eigenvalue weighted by molar-refractivity contribution is 14.1. The minimum atomic E-state index is -0.336. The molecular formula is C6H6INO2. The van der Waals surface area contributed by atoms with Crippen molar-refractivity contribution in [3.05, 3.63) is 31.5 Å².